The second-order valence-electron chi connectivity index (χ2n) is 5.51. The first kappa shape index (κ1) is 20.5. The van der Waals surface area contributed by atoms with Crippen molar-refractivity contribution in [3.05, 3.63) is 53.5 Å². The van der Waals surface area contributed by atoms with Crippen molar-refractivity contribution in [2.75, 3.05) is 14.2 Å². The number of nitrogens with zero attached hydrogens (tertiary/aromatic N) is 1. The molecule has 27 heavy (non-hydrogen) atoms. The van der Waals surface area contributed by atoms with Gasteiger partial charge in [0.05, 0.1) is 31.3 Å². The van der Waals surface area contributed by atoms with Gasteiger partial charge in [-0.05, 0) is 54.1 Å². The Hall–Kier alpha value is -2.77. The maximum atomic E-state index is 7.34. The van der Waals surface area contributed by atoms with E-state index >= 15 is 0 Å². The molecule has 0 aliphatic carbocycles. The summed E-state index contributed by atoms with van der Waals surface area (Å²) in [6, 6.07) is 15.7. The van der Waals surface area contributed by atoms with Crippen LogP contribution in [0.1, 0.15) is 5.01 Å². The number of halogens is 1. The summed E-state index contributed by atoms with van der Waals surface area (Å²) in [4.78, 5) is 5.81. The highest BCUT2D eigenvalue weighted by atomic mass is 35.5. The Kier molecular flexibility index (Phi) is 7.04. The topological polar surface area (TPSA) is 93.2 Å². The van der Waals surface area contributed by atoms with Gasteiger partial charge < -0.3 is 20.5 Å². The molecule has 0 amide bonds. The van der Waals surface area contributed by atoms with Crippen LogP contribution in [0.25, 0.3) is 21.7 Å². The van der Waals surface area contributed by atoms with Gasteiger partial charge in [-0.15, -0.1) is 23.7 Å². The van der Waals surface area contributed by atoms with E-state index in [-0.39, 0.29) is 18.4 Å². The average Bonchev–Trinajstić information content (AvgIpc) is 3.11. The summed E-state index contributed by atoms with van der Waals surface area (Å²) in [5.41, 5.74) is 8.34. The van der Waals surface area contributed by atoms with Gasteiger partial charge in [-0.3, -0.25) is 5.41 Å². The van der Waals surface area contributed by atoms with Gasteiger partial charge in [-0.1, -0.05) is 0 Å². The fraction of sp³-hybridized carbons (Fsp3) is 0.158. The number of ether oxygens (including phenoxy) is 2. The number of methoxy groups -OCH3 is 2. The molecule has 0 spiro atoms. The molecule has 2 aromatic carbocycles. The summed E-state index contributed by atoms with van der Waals surface area (Å²) in [7, 11) is 3.29. The Bertz CT molecular complexity index is 830. The van der Waals surface area contributed by atoms with Crippen LogP contribution in [-0.4, -0.2) is 25.2 Å². The summed E-state index contributed by atoms with van der Waals surface area (Å²) in [6.07, 6.45) is 0. The summed E-state index contributed by atoms with van der Waals surface area (Å²) >= 11 is 1.57. The SMILES string of the molecule is COc1ccc(-c2nc(CNC(=N)N)sc2-c2ccc(OC)cc2)cc1.Cl. The lowest BCUT2D eigenvalue weighted by Crippen LogP contribution is -2.29. The van der Waals surface area contributed by atoms with E-state index in [0.29, 0.717) is 6.54 Å². The molecular weight excluding hydrogens is 384 g/mol. The molecule has 4 N–H and O–H groups in total. The van der Waals surface area contributed by atoms with Crippen LogP contribution in [0.3, 0.4) is 0 Å². The van der Waals surface area contributed by atoms with E-state index in [1.54, 1.807) is 25.6 Å². The number of aromatic nitrogens is 1. The maximum Gasteiger partial charge on any atom is 0.186 e. The molecule has 0 aliphatic heterocycles. The number of nitrogens with one attached hydrogen (secondary N) is 2. The highest BCUT2D eigenvalue weighted by Gasteiger charge is 2.15. The normalized spacial score (nSPS) is 10.0. The third kappa shape index (κ3) is 4.90. The first-order chi connectivity index (χ1) is 12.6. The van der Waals surface area contributed by atoms with Crippen LogP contribution < -0.4 is 20.5 Å². The van der Waals surface area contributed by atoms with Crippen LogP contribution in [0.5, 0.6) is 11.5 Å². The predicted octanol–water partition coefficient (Wildman–Crippen LogP) is 3.90. The highest BCUT2D eigenvalue weighted by molar-refractivity contribution is 7.15. The second kappa shape index (κ2) is 9.25. The molecular formula is C19H21ClN4O2S. The van der Waals surface area contributed by atoms with Crippen molar-refractivity contribution < 1.29 is 9.47 Å². The minimum Gasteiger partial charge on any atom is -0.497 e. The van der Waals surface area contributed by atoms with Crippen LogP contribution in [0.15, 0.2) is 48.5 Å². The predicted molar refractivity (Wildman–Crippen MR) is 112 cm³/mol. The standard InChI is InChI=1S/C19H20N4O2S.ClH/c1-24-14-7-3-12(4-8-14)17-18(13-5-9-15(25-2)10-6-13)26-16(23-17)11-22-19(20)21;/h3-10H,11H2,1-2H3,(H4,20,21,22);1H. The molecule has 142 valence electrons. The number of rotatable bonds is 6. The fourth-order valence-electron chi connectivity index (χ4n) is 2.49. The first-order valence-corrected chi connectivity index (χ1v) is 8.79. The first-order valence-electron chi connectivity index (χ1n) is 7.97. The van der Waals surface area contributed by atoms with E-state index in [1.165, 1.54) is 0 Å². The Morgan fingerprint density at radius 3 is 2.00 bits per heavy atom. The number of hydrogen-bond donors (Lipinski definition) is 3. The van der Waals surface area contributed by atoms with Gasteiger partial charge in [-0.2, -0.15) is 0 Å². The number of guanidine groups is 1. The Morgan fingerprint density at radius 2 is 1.52 bits per heavy atom. The lowest BCUT2D eigenvalue weighted by atomic mass is 10.1. The van der Waals surface area contributed by atoms with Crippen LogP contribution in [-0.2, 0) is 6.54 Å². The minimum absolute atomic E-state index is 0. The maximum absolute atomic E-state index is 7.34. The molecule has 8 heteroatoms. The molecule has 3 aromatic rings. The minimum atomic E-state index is -0.0720. The molecule has 0 aliphatic rings. The zero-order valence-electron chi connectivity index (χ0n) is 15.0. The van der Waals surface area contributed by atoms with Crippen molar-refractivity contribution in [3.8, 4) is 33.2 Å². The largest absolute Gasteiger partial charge is 0.497 e. The van der Waals surface area contributed by atoms with Crippen LogP contribution in [0.4, 0.5) is 0 Å². The van der Waals surface area contributed by atoms with Gasteiger partial charge >= 0.3 is 0 Å². The summed E-state index contributed by atoms with van der Waals surface area (Å²) in [5.74, 6) is 1.54. The van der Waals surface area contributed by atoms with Crippen molar-refractivity contribution in [1.82, 2.24) is 10.3 Å². The van der Waals surface area contributed by atoms with E-state index in [4.69, 9.17) is 25.6 Å². The van der Waals surface area contributed by atoms with Crippen molar-refractivity contribution in [2.24, 2.45) is 5.73 Å². The van der Waals surface area contributed by atoms with Gasteiger partial charge in [0.15, 0.2) is 5.96 Å². The molecule has 1 aromatic heterocycles. The monoisotopic (exact) mass is 404 g/mol. The Balaban J connectivity index is 0.00000261. The summed E-state index contributed by atoms with van der Waals surface area (Å²) in [5, 5.41) is 11.0. The highest BCUT2D eigenvalue weighted by Crippen LogP contribution is 2.38. The third-order valence-corrected chi connectivity index (χ3v) is 4.92. The van der Waals surface area contributed by atoms with Crippen molar-refractivity contribution in [1.29, 1.82) is 5.41 Å². The molecule has 6 nitrogen and oxygen atoms in total. The molecule has 0 unspecified atom stereocenters. The number of thiazole rings is 1. The molecule has 0 saturated heterocycles. The van der Waals surface area contributed by atoms with Gasteiger partial charge in [0.2, 0.25) is 0 Å². The Labute approximate surface area is 168 Å². The second-order valence-corrected chi connectivity index (χ2v) is 6.59. The molecule has 1 heterocycles. The number of nitrogens with two attached hydrogens (primary N) is 1. The third-order valence-electron chi connectivity index (χ3n) is 3.82. The average molecular weight is 405 g/mol. The fourth-order valence-corrected chi connectivity index (χ4v) is 3.52. The zero-order chi connectivity index (χ0) is 18.5. The zero-order valence-corrected chi connectivity index (χ0v) is 16.6. The van der Waals surface area contributed by atoms with E-state index in [2.05, 4.69) is 5.32 Å². The summed E-state index contributed by atoms with van der Waals surface area (Å²) < 4.78 is 10.5. The van der Waals surface area contributed by atoms with Crippen molar-refractivity contribution in [2.45, 2.75) is 6.54 Å². The van der Waals surface area contributed by atoms with Gasteiger partial charge in [0, 0.05) is 5.56 Å². The number of hydrogen-bond acceptors (Lipinski definition) is 5. The van der Waals surface area contributed by atoms with E-state index < -0.39 is 0 Å². The number of benzene rings is 2. The van der Waals surface area contributed by atoms with E-state index in [1.807, 2.05) is 48.5 Å². The lowest BCUT2D eigenvalue weighted by molar-refractivity contribution is 0.414. The van der Waals surface area contributed by atoms with Crippen molar-refractivity contribution in [3.63, 3.8) is 0 Å². The van der Waals surface area contributed by atoms with Gasteiger partial charge in [-0.25, -0.2) is 4.98 Å². The van der Waals surface area contributed by atoms with Gasteiger partial charge in [0.25, 0.3) is 0 Å². The molecule has 0 saturated carbocycles. The smallest absolute Gasteiger partial charge is 0.186 e. The molecule has 3 rings (SSSR count). The van der Waals surface area contributed by atoms with E-state index in [9.17, 15) is 0 Å². The van der Waals surface area contributed by atoms with Gasteiger partial charge in [0.1, 0.15) is 16.5 Å². The van der Waals surface area contributed by atoms with E-state index in [0.717, 1.165) is 38.2 Å². The molecule has 0 fully saturated rings. The van der Waals surface area contributed by atoms with Crippen LogP contribution in [0, 0.1) is 5.41 Å². The Morgan fingerprint density at radius 1 is 1.00 bits per heavy atom. The quantitative estimate of drug-likeness (QED) is 0.428. The van der Waals surface area contributed by atoms with Crippen LogP contribution in [0.2, 0.25) is 0 Å². The molecule has 0 atom stereocenters. The summed E-state index contributed by atoms with van der Waals surface area (Å²) in [6.45, 7) is 0.416. The molecule has 0 radical (unpaired) electrons. The molecule has 0 bridgehead atoms. The van der Waals surface area contributed by atoms with Crippen molar-refractivity contribution >= 4 is 29.7 Å². The van der Waals surface area contributed by atoms with Crippen LogP contribution >= 0.6 is 23.7 Å². The lowest BCUT2D eigenvalue weighted by Gasteiger charge is -2.05.